The summed E-state index contributed by atoms with van der Waals surface area (Å²) in [6.45, 7) is 1.23. The number of aromatic nitrogens is 1. The molecule has 0 unspecified atom stereocenters. The summed E-state index contributed by atoms with van der Waals surface area (Å²) in [5.41, 5.74) is 1.28. The second kappa shape index (κ2) is 5.85. The number of hydrogen-bond donors (Lipinski definition) is 0. The Morgan fingerprint density at radius 3 is 2.67 bits per heavy atom. The zero-order chi connectivity index (χ0) is 13.0. The van der Waals surface area contributed by atoms with E-state index in [1.807, 2.05) is 22.7 Å². The van der Waals surface area contributed by atoms with E-state index in [2.05, 4.69) is 12.3 Å². The van der Waals surface area contributed by atoms with Crippen LogP contribution in [0.2, 0.25) is 0 Å². The molecule has 1 fully saturated rings. The summed E-state index contributed by atoms with van der Waals surface area (Å²) in [5.74, 6) is 0.474. The van der Waals surface area contributed by atoms with Gasteiger partial charge in [-0.15, -0.1) is 0 Å². The van der Waals surface area contributed by atoms with Crippen LogP contribution in [-0.4, -0.2) is 34.2 Å². The topological polar surface area (TPSA) is 42.3 Å². The third-order valence-electron chi connectivity index (χ3n) is 3.42. The van der Waals surface area contributed by atoms with Gasteiger partial charge in [-0.3, -0.25) is 9.59 Å². The summed E-state index contributed by atoms with van der Waals surface area (Å²) >= 11 is 0. The average molecular weight is 248 g/mol. The van der Waals surface area contributed by atoms with Gasteiger partial charge in [-0.05, 0) is 24.5 Å². The van der Waals surface area contributed by atoms with Crippen molar-refractivity contribution < 1.29 is 9.59 Å². The molecule has 0 saturated carbocycles. The quantitative estimate of drug-likeness (QED) is 0.811. The second-order valence-corrected chi connectivity index (χ2v) is 4.96. The van der Waals surface area contributed by atoms with Crippen molar-refractivity contribution in [2.24, 2.45) is 7.05 Å². The molecule has 1 aromatic heterocycles. The van der Waals surface area contributed by atoms with Gasteiger partial charge in [0.15, 0.2) is 0 Å². The molecule has 0 atom stereocenters. The summed E-state index contributed by atoms with van der Waals surface area (Å²) in [5, 5.41) is 0. The number of rotatable bonds is 4. The van der Waals surface area contributed by atoms with Gasteiger partial charge in [0.05, 0.1) is 0 Å². The van der Waals surface area contributed by atoms with E-state index in [0.29, 0.717) is 32.4 Å². The summed E-state index contributed by atoms with van der Waals surface area (Å²) in [4.78, 5) is 24.8. The van der Waals surface area contributed by atoms with Crippen LogP contribution in [0.5, 0.6) is 0 Å². The standard InChI is InChI=1S/C14H20N2O2/c1-15-8-5-12(11-15)3-2-4-14(18)16-9-6-13(17)7-10-16/h5,8,11H,2-4,6-7,9-10H2,1H3. The Balaban J connectivity index is 1.70. The average Bonchev–Trinajstić information content (AvgIpc) is 2.76. The molecular formula is C14H20N2O2. The molecule has 4 heteroatoms. The maximum atomic E-state index is 11.9. The first-order valence-corrected chi connectivity index (χ1v) is 6.55. The summed E-state index contributed by atoms with van der Waals surface area (Å²) < 4.78 is 2.02. The SMILES string of the molecule is Cn1ccc(CCCC(=O)N2CCC(=O)CC2)c1. The number of amides is 1. The minimum absolute atomic E-state index is 0.193. The van der Waals surface area contributed by atoms with Crippen LogP contribution in [0.25, 0.3) is 0 Å². The Kier molecular flexibility index (Phi) is 4.18. The van der Waals surface area contributed by atoms with Gasteiger partial charge < -0.3 is 9.47 Å². The summed E-state index contributed by atoms with van der Waals surface area (Å²) in [6.07, 6.45) is 7.59. The Hall–Kier alpha value is -1.58. The lowest BCUT2D eigenvalue weighted by atomic mass is 10.1. The first-order valence-electron chi connectivity index (χ1n) is 6.55. The third-order valence-corrected chi connectivity index (χ3v) is 3.42. The van der Waals surface area contributed by atoms with Crippen LogP contribution in [0.15, 0.2) is 18.5 Å². The van der Waals surface area contributed by atoms with Gasteiger partial charge in [0, 0.05) is 51.8 Å². The van der Waals surface area contributed by atoms with E-state index in [4.69, 9.17) is 0 Å². The van der Waals surface area contributed by atoms with Crippen LogP contribution >= 0.6 is 0 Å². The van der Waals surface area contributed by atoms with Gasteiger partial charge in [0.1, 0.15) is 5.78 Å². The van der Waals surface area contributed by atoms with Gasteiger partial charge in [-0.1, -0.05) is 0 Å². The number of piperidine rings is 1. The fourth-order valence-corrected chi connectivity index (χ4v) is 2.32. The predicted molar refractivity (Wildman–Crippen MR) is 69.2 cm³/mol. The van der Waals surface area contributed by atoms with Crippen LogP contribution < -0.4 is 0 Å². The molecule has 2 heterocycles. The number of likely N-dealkylation sites (tertiary alicyclic amines) is 1. The lowest BCUT2D eigenvalue weighted by Crippen LogP contribution is -2.38. The van der Waals surface area contributed by atoms with Crippen molar-refractivity contribution in [1.29, 1.82) is 0 Å². The van der Waals surface area contributed by atoms with Crippen molar-refractivity contribution in [2.45, 2.75) is 32.1 Å². The number of nitrogens with zero attached hydrogens (tertiary/aromatic N) is 2. The third kappa shape index (κ3) is 3.45. The van der Waals surface area contributed by atoms with Crippen molar-refractivity contribution in [1.82, 2.24) is 9.47 Å². The fourth-order valence-electron chi connectivity index (χ4n) is 2.32. The number of carbonyl (C=O) groups is 2. The smallest absolute Gasteiger partial charge is 0.222 e. The van der Waals surface area contributed by atoms with Crippen LogP contribution in [0.4, 0.5) is 0 Å². The number of carbonyl (C=O) groups excluding carboxylic acids is 2. The highest BCUT2D eigenvalue weighted by Crippen LogP contribution is 2.10. The van der Waals surface area contributed by atoms with Crippen LogP contribution in [0.1, 0.15) is 31.2 Å². The first-order chi connectivity index (χ1) is 8.65. The number of Topliss-reactive ketones (excluding diaryl/α,β-unsaturated/α-hetero) is 1. The van der Waals surface area contributed by atoms with E-state index in [9.17, 15) is 9.59 Å². The Bertz CT molecular complexity index is 427. The molecule has 0 radical (unpaired) electrons. The van der Waals surface area contributed by atoms with Crippen molar-refractivity contribution in [3.05, 3.63) is 24.0 Å². The number of aryl methyl sites for hydroxylation is 2. The first kappa shape index (κ1) is 12.9. The molecule has 1 aliphatic heterocycles. The van der Waals surface area contributed by atoms with E-state index in [-0.39, 0.29) is 11.7 Å². The van der Waals surface area contributed by atoms with Crippen LogP contribution in [0.3, 0.4) is 0 Å². The van der Waals surface area contributed by atoms with Gasteiger partial charge in [0.2, 0.25) is 5.91 Å². The zero-order valence-corrected chi connectivity index (χ0v) is 10.9. The molecule has 0 aromatic carbocycles. The highest BCUT2D eigenvalue weighted by atomic mass is 16.2. The molecule has 0 bridgehead atoms. The molecule has 1 aliphatic rings. The lowest BCUT2D eigenvalue weighted by Gasteiger charge is -2.26. The second-order valence-electron chi connectivity index (χ2n) is 4.96. The lowest BCUT2D eigenvalue weighted by molar-refractivity contribution is -0.134. The number of hydrogen-bond acceptors (Lipinski definition) is 2. The van der Waals surface area contributed by atoms with Crippen LogP contribution in [-0.2, 0) is 23.1 Å². The maximum Gasteiger partial charge on any atom is 0.222 e. The zero-order valence-electron chi connectivity index (χ0n) is 10.9. The van der Waals surface area contributed by atoms with Gasteiger partial charge in [0.25, 0.3) is 0 Å². The Morgan fingerprint density at radius 1 is 1.33 bits per heavy atom. The van der Waals surface area contributed by atoms with Crippen LogP contribution in [0, 0.1) is 0 Å². The fraction of sp³-hybridized carbons (Fsp3) is 0.571. The molecule has 2 rings (SSSR count). The minimum Gasteiger partial charge on any atom is -0.357 e. The minimum atomic E-state index is 0.193. The highest BCUT2D eigenvalue weighted by molar-refractivity contribution is 5.83. The Morgan fingerprint density at radius 2 is 2.06 bits per heavy atom. The molecule has 4 nitrogen and oxygen atoms in total. The van der Waals surface area contributed by atoms with Crippen molar-refractivity contribution in [3.63, 3.8) is 0 Å². The molecule has 1 aromatic rings. The van der Waals surface area contributed by atoms with Gasteiger partial charge in [-0.25, -0.2) is 0 Å². The van der Waals surface area contributed by atoms with Crippen molar-refractivity contribution in [3.8, 4) is 0 Å². The monoisotopic (exact) mass is 248 g/mol. The highest BCUT2D eigenvalue weighted by Gasteiger charge is 2.19. The van der Waals surface area contributed by atoms with Gasteiger partial charge >= 0.3 is 0 Å². The van der Waals surface area contributed by atoms with E-state index in [0.717, 1.165) is 12.8 Å². The van der Waals surface area contributed by atoms with E-state index >= 15 is 0 Å². The molecule has 0 N–H and O–H groups in total. The molecule has 1 amide bonds. The van der Waals surface area contributed by atoms with E-state index < -0.39 is 0 Å². The summed E-state index contributed by atoms with van der Waals surface area (Å²) in [7, 11) is 2.00. The summed E-state index contributed by atoms with van der Waals surface area (Å²) in [6, 6.07) is 2.09. The predicted octanol–water partition coefficient (Wildman–Crippen LogP) is 1.54. The molecule has 0 aliphatic carbocycles. The maximum absolute atomic E-state index is 11.9. The van der Waals surface area contributed by atoms with E-state index in [1.165, 1.54) is 5.56 Å². The van der Waals surface area contributed by atoms with Crippen molar-refractivity contribution in [2.75, 3.05) is 13.1 Å². The largest absolute Gasteiger partial charge is 0.357 e. The normalized spacial score (nSPS) is 16.1. The Labute approximate surface area is 108 Å². The molecule has 1 saturated heterocycles. The molecule has 0 spiro atoms. The molecular weight excluding hydrogens is 228 g/mol. The number of ketones is 1. The molecule has 18 heavy (non-hydrogen) atoms. The van der Waals surface area contributed by atoms with Crippen molar-refractivity contribution >= 4 is 11.7 Å². The molecule has 98 valence electrons. The van der Waals surface area contributed by atoms with E-state index in [1.54, 1.807) is 0 Å². The van der Waals surface area contributed by atoms with Gasteiger partial charge in [-0.2, -0.15) is 0 Å².